The van der Waals surface area contributed by atoms with Gasteiger partial charge in [-0.2, -0.15) is 0 Å². The fraction of sp³-hybridized carbons (Fsp3) is 0.667. The smallest absolute Gasteiger partial charge is 0.331 e. The molecular formula is C12H18N2O3. The monoisotopic (exact) mass is 238 g/mol. The van der Waals surface area contributed by atoms with Crippen molar-refractivity contribution in [1.29, 1.82) is 0 Å². The van der Waals surface area contributed by atoms with Gasteiger partial charge in [0.2, 0.25) is 0 Å². The lowest BCUT2D eigenvalue weighted by atomic mass is 10.1. The Kier molecular flexibility index (Phi) is 2.73. The minimum atomic E-state index is -0.515. The van der Waals surface area contributed by atoms with Gasteiger partial charge < -0.3 is 9.30 Å². The van der Waals surface area contributed by atoms with E-state index in [1.54, 1.807) is 11.6 Å². The Morgan fingerprint density at radius 2 is 1.88 bits per heavy atom. The molecule has 5 nitrogen and oxygen atoms in total. The van der Waals surface area contributed by atoms with Crippen LogP contribution >= 0.6 is 0 Å². The summed E-state index contributed by atoms with van der Waals surface area (Å²) in [6.07, 6.45) is 0.626. The SMILES string of the molecule is Cn1c2c(c(=O)n(C(C)(C)C)c1=O)COCC2. The van der Waals surface area contributed by atoms with Gasteiger partial charge in [0.25, 0.3) is 5.56 Å². The molecule has 0 saturated heterocycles. The van der Waals surface area contributed by atoms with Crippen LogP contribution in [0.3, 0.4) is 0 Å². The predicted molar refractivity (Wildman–Crippen MR) is 64.3 cm³/mol. The van der Waals surface area contributed by atoms with Crippen molar-refractivity contribution in [3.05, 3.63) is 32.1 Å². The molecule has 2 rings (SSSR count). The van der Waals surface area contributed by atoms with Crippen molar-refractivity contribution in [3.8, 4) is 0 Å². The van der Waals surface area contributed by atoms with Crippen molar-refractivity contribution in [2.75, 3.05) is 6.61 Å². The normalized spacial score (nSPS) is 15.8. The van der Waals surface area contributed by atoms with Crippen LogP contribution in [0.1, 0.15) is 32.0 Å². The van der Waals surface area contributed by atoms with Crippen molar-refractivity contribution in [3.63, 3.8) is 0 Å². The fourth-order valence-corrected chi connectivity index (χ4v) is 2.21. The van der Waals surface area contributed by atoms with Crippen LogP contribution in [-0.2, 0) is 30.4 Å². The number of ether oxygens (including phenoxy) is 1. The molecule has 0 amide bonds. The molecule has 0 bridgehead atoms. The molecule has 5 heteroatoms. The molecule has 17 heavy (non-hydrogen) atoms. The van der Waals surface area contributed by atoms with Crippen LogP contribution in [-0.4, -0.2) is 15.7 Å². The Bertz CT molecular complexity index is 561. The van der Waals surface area contributed by atoms with Crippen LogP contribution in [0.5, 0.6) is 0 Å². The van der Waals surface area contributed by atoms with Crippen LogP contribution < -0.4 is 11.2 Å². The molecule has 0 N–H and O–H groups in total. The van der Waals surface area contributed by atoms with Gasteiger partial charge in [0, 0.05) is 24.7 Å². The number of hydrogen-bond acceptors (Lipinski definition) is 3. The van der Waals surface area contributed by atoms with Crippen molar-refractivity contribution in [2.24, 2.45) is 7.05 Å². The van der Waals surface area contributed by atoms with Crippen LogP contribution in [0.25, 0.3) is 0 Å². The van der Waals surface area contributed by atoms with Gasteiger partial charge in [-0.25, -0.2) is 4.79 Å². The first-order valence-corrected chi connectivity index (χ1v) is 5.76. The second-order valence-electron chi connectivity index (χ2n) is 5.38. The third-order valence-corrected chi connectivity index (χ3v) is 3.09. The second-order valence-corrected chi connectivity index (χ2v) is 5.38. The molecule has 0 fully saturated rings. The van der Waals surface area contributed by atoms with E-state index in [0.29, 0.717) is 25.2 Å². The number of hydrogen-bond donors (Lipinski definition) is 0. The summed E-state index contributed by atoms with van der Waals surface area (Å²) in [5.74, 6) is 0. The Balaban J connectivity index is 2.85. The molecule has 2 heterocycles. The molecule has 1 aliphatic heterocycles. The summed E-state index contributed by atoms with van der Waals surface area (Å²) < 4.78 is 8.19. The van der Waals surface area contributed by atoms with Gasteiger partial charge in [0.05, 0.1) is 18.8 Å². The van der Waals surface area contributed by atoms with E-state index in [-0.39, 0.29) is 11.2 Å². The van der Waals surface area contributed by atoms with Crippen molar-refractivity contribution >= 4 is 0 Å². The van der Waals surface area contributed by atoms with Crippen LogP contribution in [0.15, 0.2) is 9.59 Å². The predicted octanol–water partition coefficient (Wildman–Crippen LogP) is 0.375. The highest BCUT2D eigenvalue weighted by Gasteiger charge is 2.25. The van der Waals surface area contributed by atoms with E-state index in [1.807, 2.05) is 20.8 Å². The zero-order valence-electron chi connectivity index (χ0n) is 10.7. The summed E-state index contributed by atoms with van der Waals surface area (Å²) in [6.45, 7) is 6.43. The van der Waals surface area contributed by atoms with Crippen LogP contribution in [0.2, 0.25) is 0 Å². The van der Waals surface area contributed by atoms with E-state index in [2.05, 4.69) is 0 Å². The summed E-state index contributed by atoms with van der Waals surface area (Å²) in [5.41, 5.74) is 0.455. The molecule has 1 aromatic rings. The molecule has 0 unspecified atom stereocenters. The Hall–Kier alpha value is -1.36. The minimum absolute atomic E-state index is 0.213. The third-order valence-electron chi connectivity index (χ3n) is 3.09. The Labute approximate surface area is 99.6 Å². The molecule has 1 aliphatic rings. The quantitative estimate of drug-likeness (QED) is 0.656. The first-order chi connectivity index (χ1) is 7.84. The average molecular weight is 238 g/mol. The highest BCUT2D eigenvalue weighted by molar-refractivity contribution is 5.20. The van der Waals surface area contributed by atoms with E-state index < -0.39 is 5.54 Å². The maximum Gasteiger partial charge on any atom is 0.331 e. The summed E-state index contributed by atoms with van der Waals surface area (Å²) in [6, 6.07) is 0. The van der Waals surface area contributed by atoms with E-state index in [1.165, 1.54) is 4.57 Å². The zero-order valence-corrected chi connectivity index (χ0v) is 10.7. The van der Waals surface area contributed by atoms with Gasteiger partial charge in [-0.1, -0.05) is 0 Å². The van der Waals surface area contributed by atoms with Crippen molar-refractivity contribution in [2.45, 2.75) is 39.3 Å². The zero-order chi connectivity index (χ0) is 12.8. The van der Waals surface area contributed by atoms with Gasteiger partial charge >= 0.3 is 5.69 Å². The summed E-state index contributed by atoms with van der Waals surface area (Å²) in [4.78, 5) is 24.5. The lowest BCUT2D eigenvalue weighted by molar-refractivity contribution is 0.104. The molecule has 94 valence electrons. The molecule has 1 aromatic heterocycles. The van der Waals surface area contributed by atoms with Gasteiger partial charge in [0.1, 0.15) is 0 Å². The standard InChI is InChI=1S/C12H18N2O3/c1-12(2,3)14-10(15)8-7-17-6-5-9(8)13(4)11(14)16/h5-7H2,1-4H3. The highest BCUT2D eigenvalue weighted by Crippen LogP contribution is 2.13. The fourth-order valence-electron chi connectivity index (χ4n) is 2.21. The van der Waals surface area contributed by atoms with Crippen LogP contribution in [0, 0.1) is 0 Å². The molecule has 0 radical (unpaired) electrons. The molecule has 0 saturated carbocycles. The summed E-state index contributed by atoms with van der Waals surface area (Å²) in [7, 11) is 1.72. The maximum atomic E-state index is 12.3. The van der Waals surface area contributed by atoms with Gasteiger partial charge in [-0.05, 0) is 20.8 Å². The lowest BCUT2D eigenvalue weighted by Gasteiger charge is -2.26. The molecule has 0 atom stereocenters. The minimum Gasteiger partial charge on any atom is -0.376 e. The van der Waals surface area contributed by atoms with Gasteiger partial charge in [-0.15, -0.1) is 0 Å². The number of aromatic nitrogens is 2. The van der Waals surface area contributed by atoms with Crippen LogP contribution in [0.4, 0.5) is 0 Å². The van der Waals surface area contributed by atoms with Gasteiger partial charge in [-0.3, -0.25) is 9.36 Å². The average Bonchev–Trinajstić information content (AvgIpc) is 2.24. The summed E-state index contributed by atoms with van der Waals surface area (Å²) in [5, 5.41) is 0. The number of nitrogens with zero attached hydrogens (tertiary/aromatic N) is 2. The Morgan fingerprint density at radius 1 is 1.24 bits per heavy atom. The number of rotatable bonds is 0. The second kappa shape index (κ2) is 3.84. The molecular weight excluding hydrogens is 220 g/mol. The molecule has 0 spiro atoms. The first kappa shape index (κ1) is 12.1. The molecule has 0 aromatic carbocycles. The lowest BCUT2D eigenvalue weighted by Crippen LogP contribution is -2.50. The van der Waals surface area contributed by atoms with E-state index >= 15 is 0 Å². The first-order valence-electron chi connectivity index (χ1n) is 5.76. The highest BCUT2D eigenvalue weighted by atomic mass is 16.5. The van der Waals surface area contributed by atoms with Crippen molar-refractivity contribution in [1.82, 2.24) is 9.13 Å². The summed E-state index contributed by atoms with van der Waals surface area (Å²) >= 11 is 0. The largest absolute Gasteiger partial charge is 0.376 e. The van der Waals surface area contributed by atoms with Crippen molar-refractivity contribution < 1.29 is 4.74 Å². The third kappa shape index (κ3) is 1.84. The van der Waals surface area contributed by atoms with Gasteiger partial charge in [0.15, 0.2) is 0 Å². The van der Waals surface area contributed by atoms with E-state index in [9.17, 15) is 9.59 Å². The number of fused-ring (bicyclic) bond motifs is 1. The topological polar surface area (TPSA) is 53.2 Å². The molecule has 0 aliphatic carbocycles. The van der Waals surface area contributed by atoms with E-state index in [0.717, 1.165) is 5.69 Å². The van der Waals surface area contributed by atoms with E-state index in [4.69, 9.17) is 4.74 Å². The maximum absolute atomic E-state index is 12.3. The Morgan fingerprint density at radius 3 is 2.47 bits per heavy atom.